The fraction of sp³-hybridized carbons (Fsp3) is 0.0476. The van der Waals surface area contributed by atoms with Crippen molar-refractivity contribution in [2.75, 3.05) is 0 Å². The van der Waals surface area contributed by atoms with Crippen LogP contribution in [0, 0.1) is 0 Å². The van der Waals surface area contributed by atoms with Crippen molar-refractivity contribution < 1.29 is 9.59 Å². The summed E-state index contributed by atoms with van der Waals surface area (Å²) in [5.41, 5.74) is 7.79. The first-order chi connectivity index (χ1) is 13.6. The lowest BCUT2D eigenvalue weighted by Crippen LogP contribution is -2.42. The Bertz CT molecular complexity index is 1150. The molecule has 0 saturated carbocycles. The van der Waals surface area contributed by atoms with Crippen LogP contribution in [0.15, 0.2) is 77.4 Å². The van der Waals surface area contributed by atoms with Gasteiger partial charge >= 0.3 is 0 Å². The van der Waals surface area contributed by atoms with Crippen molar-refractivity contribution in [3.8, 4) is 0 Å². The van der Waals surface area contributed by atoms with Crippen LogP contribution in [-0.4, -0.2) is 21.4 Å². The van der Waals surface area contributed by atoms with Crippen molar-refractivity contribution in [3.63, 3.8) is 0 Å². The Morgan fingerprint density at radius 2 is 1.64 bits per heavy atom. The smallest absolute Gasteiger partial charge is 0.286 e. The van der Waals surface area contributed by atoms with Gasteiger partial charge in [-0.1, -0.05) is 48.5 Å². The molecular formula is C21H17BrN4O2. The van der Waals surface area contributed by atoms with Gasteiger partial charge in [-0.15, -0.1) is 0 Å². The molecule has 0 radical (unpaired) electrons. The molecule has 2 aromatic heterocycles. The molecule has 0 atom stereocenters. The van der Waals surface area contributed by atoms with E-state index < -0.39 is 5.91 Å². The average Bonchev–Trinajstić information content (AvgIpc) is 3.31. The number of aromatic amines is 1. The van der Waals surface area contributed by atoms with Gasteiger partial charge in [-0.25, -0.2) is 0 Å². The Morgan fingerprint density at radius 3 is 2.39 bits per heavy atom. The molecule has 0 saturated heterocycles. The van der Waals surface area contributed by atoms with E-state index in [1.165, 1.54) is 0 Å². The minimum Gasteiger partial charge on any atom is -0.356 e. The van der Waals surface area contributed by atoms with Crippen LogP contribution in [0.2, 0.25) is 0 Å². The molecule has 4 rings (SSSR count). The summed E-state index contributed by atoms with van der Waals surface area (Å²) in [4.78, 5) is 27.8. The highest BCUT2D eigenvalue weighted by Gasteiger charge is 2.17. The second kappa shape index (κ2) is 7.74. The maximum atomic E-state index is 12.8. The number of nitrogens with one attached hydrogen (secondary N) is 3. The first kappa shape index (κ1) is 18.1. The fourth-order valence-corrected chi connectivity index (χ4v) is 3.42. The van der Waals surface area contributed by atoms with E-state index >= 15 is 0 Å². The summed E-state index contributed by atoms with van der Waals surface area (Å²) in [6.45, 7) is 0.550. The summed E-state index contributed by atoms with van der Waals surface area (Å²) in [5, 5.41) is 0.961. The van der Waals surface area contributed by atoms with Gasteiger partial charge in [-0.2, -0.15) is 0 Å². The van der Waals surface area contributed by atoms with Crippen molar-refractivity contribution in [2.45, 2.75) is 6.54 Å². The summed E-state index contributed by atoms with van der Waals surface area (Å²) < 4.78 is 2.70. The molecule has 4 aromatic rings. The Morgan fingerprint density at radius 1 is 0.929 bits per heavy atom. The van der Waals surface area contributed by atoms with E-state index in [9.17, 15) is 9.59 Å². The molecule has 0 spiro atoms. The number of aromatic nitrogens is 2. The molecular weight excluding hydrogens is 420 g/mol. The van der Waals surface area contributed by atoms with Gasteiger partial charge < -0.3 is 9.55 Å². The number of halogens is 1. The lowest BCUT2D eigenvalue weighted by molar-refractivity contribution is 0.0839. The molecule has 0 aliphatic carbocycles. The van der Waals surface area contributed by atoms with Crippen molar-refractivity contribution in [1.82, 2.24) is 20.4 Å². The zero-order valence-electron chi connectivity index (χ0n) is 14.8. The zero-order valence-corrected chi connectivity index (χ0v) is 16.4. The highest BCUT2D eigenvalue weighted by atomic mass is 79.9. The monoisotopic (exact) mass is 436 g/mol. The van der Waals surface area contributed by atoms with Crippen LogP contribution < -0.4 is 10.9 Å². The Hall–Kier alpha value is -3.32. The Balaban J connectivity index is 1.59. The van der Waals surface area contributed by atoms with Gasteiger partial charge in [0.25, 0.3) is 11.8 Å². The molecule has 2 heterocycles. The third kappa shape index (κ3) is 3.70. The summed E-state index contributed by atoms with van der Waals surface area (Å²) in [6, 6.07) is 21.2. The Labute approximate surface area is 169 Å². The number of hydrogen-bond acceptors (Lipinski definition) is 2. The molecule has 0 aliphatic heterocycles. The van der Waals surface area contributed by atoms with Crippen LogP contribution in [0.3, 0.4) is 0 Å². The first-order valence-electron chi connectivity index (χ1n) is 8.68. The molecule has 2 aromatic carbocycles. The van der Waals surface area contributed by atoms with Gasteiger partial charge in [0.05, 0.1) is 0 Å². The summed E-state index contributed by atoms with van der Waals surface area (Å²) in [7, 11) is 0. The number of para-hydroxylation sites is 1. The summed E-state index contributed by atoms with van der Waals surface area (Å²) in [6.07, 6.45) is 1.65. The predicted molar refractivity (Wildman–Crippen MR) is 111 cm³/mol. The maximum Gasteiger partial charge on any atom is 0.286 e. The van der Waals surface area contributed by atoms with Gasteiger partial charge in [-0.3, -0.25) is 20.4 Å². The number of hydrogen-bond donors (Lipinski definition) is 3. The minimum absolute atomic E-state index is 0.344. The van der Waals surface area contributed by atoms with Crippen molar-refractivity contribution in [2.24, 2.45) is 0 Å². The van der Waals surface area contributed by atoms with Crippen LogP contribution in [0.25, 0.3) is 10.9 Å². The molecule has 6 nitrogen and oxygen atoms in total. The number of benzene rings is 2. The third-order valence-corrected chi connectivity index (χ3v) is 4.87. The van der Waals surface area contributed by atoms with E-state index in [0.717, 1.165) is 20.9 Å². The highest BCUT2D eigenvalue weighted by Crippen LogP contribution is 2.21. The van der Waals surface area contributed by atoms with Crippen LogP contribution >= 0.6 is 15.9 Å². The number of nitrogens with zero attached hydrogens (tertiary/aromatic N) is 1. The third-order valence-electron chi connectivity index (χ3n) is 4.41. The fourth-order valence-electron chi connectivity index (χ4n) is 3.08. The topological polar surface area (TPSA) is 78.9 Å². The minimum atomic E-state index is -0.426. The van der Waals surface area contributed by atoms with Crippen LogP contribution in [0.4, 0.5) is 0 Å². The predicted octanol–water partition coefficient (Wildman–Crippen LogP) is 3.86. The molecule has 0 bridgehead atoms. The maximum absolute atomic E-state index is 12.8. The molecule has 28 heavy (non-hydrogen) atoms. The van der Waals surface area contributed by atoms with E-state index in [1.807, 2.05) is 65.2 Å². The van der Waals surface area contributed by atoms with Crippen LogP contribution in [-0.2, 0) is 6.54 Å². The lowest BCUT2D eigenvalue weighted by atomic mass is 10.2. The SMILES string of the molecule is O=C(NNC(=O)c1cc2ccccc2n1Cc1ccccc1)c1cc(Br)c[nH]1. The summed E-state index contributed by atoms with van der Waals surface area (Å²) in [5.74, 6) is -0.809. The second-order valence-electron chi connectivity index (χ2n) is 6.30. The second-order valence-corrected chi connectivity index (χ2v) is 7.22. The number of H-pyrrole nitrogens is 1. The number of rotatable bonds is 4. The van der Waals surface area contributed by atoms with Gasteiger partial charge in [0.2, 0.25) is 0 Å². The first-order valence-corrected chi connectivity index (χ1v) is 9.48. The van der Waals surface area contributed by atoms with Gasteiger partial charge in [-0.05, 0) is 39.7 Å². The number of fused-ring (bicyclic) bond motifs is 1. The molecule has 7 heteroatoms. The highest BCUT2D eigenvalue weighted by molar-refractivity contribution is 9.10. The van der Waals surface area contributed by atoms with E-state index in [-0.39, 0.29) is 5.91 Å². The van der Waals surface area contributed by atoms with Crippen LogP contribution in [0.5, 0.6) is 0 Å². The standard InChI is InChI=1S/C21H17BrN4O2/c22-16-11-17(23-12-16)20(27)24-25-21(28)19-10-15-8-4-5-9-18(15)26(19)13-14-6-2-1-3-7-14/h1-12,23H,13H2,(H,24,27)(H,25,28). The molecule has 2 amide bonds. The van der Waals surface area contributed by atoms with E-state index in [1.54, 1.807) is 12.3 Å². The van der Waals surface area contributed by atoms with Crippen molar-refractivity contribution in [3.05, 3.63) is 94.4 Å². The van der Waals surface area contributed by atoms with Gasteiger partial charge in [0.15, 0.2) is 0 Å². The largest absolute Gasteiger partial charge is 0.356 e. The quantitative estimate of drug-likeness (QED) is 0.424. The molecule has 0 unspecified atom stereocenters. The summed E-state index contributed by atoms with van der Waals surface area (Å²) >= 11 is 3.28. The van der Waals surface area contributed by atoms with Gasteiger partial charge in [0.1, 0.15) is 11.4 Å². The number of amides is 2. The zero-order chi connectivity index (χ0) is 19.5. The van der Waals surface area contributed by atoms with Gasteiger partial charge in [0, 0.05) is 28.1 Å². The Kier molecular flexibility index (Phi) is 4.99. The number of carbonyl (C=O) groups is 2. The van der Waals surface area contributed by atoms with E-state index in [2.05, 4.69) is 31.8 Å². The number of carbonyl (C=O) groups excluding carboxylic acids is 2. The average molecular weight is 437 g/mol. The molecule has 3 N–H and O–H groups in total. The van der Waals surface area contributed by atoms with E-state index in [0.29, 0.717) is 17.9 Å². The molecule has 140 valence electrons. The normalized spacial score (nSPS) is 10.8. The number of hydrazine groups is 1. The van der Waals surface area contributed by atoms with Crippen molar-refractivity contribution in [1.29, 1.82) is 0 Å². The van der Waals surface area contributed by atoms with Crippen molar-refractivity contribution >= 4 is 38.6 Å². The van der Waals surface area contributed by atoms with Crippen LogP contribution in [0.1, 0.15) is 26.5 Å². The van der Waals surface area contributed by atoms with E-state index in [4.69, 9.17) is 0 Å². The molecule has 0 aliphatic rings. The molecule has 0 fully saturated rings. The lowest BCUT2D eigenvalue weighted by Gasteiger charge is -2.12.